The summed E-state index contributed by atoms with van der Waals surface area (Å²) in [4.78, 5) is 31.1. The van der Waals surface area contributed by atoms with Gasteiger partial charge in [0.15, 0.2) is 0 Å². The Hall–Kier alpha value is -1.39. The summed E-state index contributed by atoms with van der Waals surface area (Å²) in [5.41, 5.74) is 0. The van der Waals surface area contributed by atoms with E-state index in [0.717, 1.165) is 12.8 Å². The molecular formula is C10H17NO4. The molecule has 0 aliphatic rings. The number of rotatable bonds is 9. The molecule has 0 heterocycles. The molecule has 1 amide bonds. The largest absolute Gasteiger partial charge is 0.481 e. The second-order valence-electron chi connectivity index (χ2n) is 3.26. The van der Waals surface area contributed by atoms with Gasteiger partial charge in [0, 0.05) is 25.8 Å². The van der Waals surface area contributed by atoms with Gasteiger partial charge in [0.2, 0.25) is 5.91 Å². The summed E-state index contributed by atoms with van der Waals surface area (Å²) >= 11 is 0. The van der Waals surface area contributed by atoms with Crippen LogP contribution in [0.2, 0.25) is 0 Å². The van der Waals surface area contributed by atoms with E-state index in [1.807, 2.05) is 0 Å². The molecular weight excluding hydrogens is 198 g/mol. The third-order valence-corrected chi connectivity index (χ3v) is 1.88. The molecule has 0 unspecified atom stereocenters. The zero-order valence-corrected chi connectivity index (χ0v) is 8.70. The first-order valence-corrected chi connectivity index (χ1v) is 5.09. The maximum Gasteiger partial charge on any atom is 0.303 e. The molecule has 0 atom stereocenters. The van der Waals surface area contributed by atoms with E-state index in [-0.39, 0.29) is 25.2 Å². The van der Waals surface area contributed by atoms with Crippen LogP contribution in [0.25, 0.3) is 0 Å². The van der Waals surface area contributed by atoms with E-state index in [1.165, 1.54) is 0 Å². The Bertz CT molecular complexity index is 215. The van der Waals surface area contributed by atoms with Crippen molar-refractivity contribution in [1.29, 1.82) is 0 Å². The summed E-state index contributed by atoms with van der Waals surface area (Å²) in [5, 5.41) is 11.0. The summed E-state index contributed by atoms with van der Waals surface area (Å²) in [5.74, 6) is -0.912. The zero-order chi connectivity index (χ0) is 11.5. The van der Waals surface area contributed by atoms with Crippen LogP contribution in [0.5, 0.6) is 0 Å². The lowest BCUT2D eigenvalue weighted by Gasteiger charge is -2.02. The van der Waals surface area contributed by atoms with E-state index < -0.39 is 5.97 Å². The molecule has 0 spiro atoms. The minimum absolute atomic E-state index is 0.125. The third-order valence-electron chi connectivity index (χ3n) is 1.88. The van der Waals surface area contributed by atoms with Gasteiger partial charge in [-0.2, -0.15) is 0 Å². The van der Waals surface area contributed by atoms with Gasteiger partial charge >= 0.3 is 5.97 Å². The van der Waals surface area contributed by atoms with Crippen LogP contribution in [0, 0.1) is 0 Å². The van der Waals surface area contributed by atoms with Gasteiger partial charge in [0.1, 0.15) is 6.29 Å². The number of carbonyl (C=O) groups is 3. The first-order chi connectivity index (χ1) is 7.16. The fourth-order valence-electron chi connectivity index (χ4n) is 1.08. The first-order valence-electron chi connectivity index (χ1n) is 5.09. The number of nitrogens with one attached hydrogen (secondary N) is 1. The van der Waals surface area contributed by atoms with Crippen molar-refractivity contribution in [3.05, 3.63) is 0 Å². The Morgan fingerprint density at radius 3 is 2.47 bits per heavy atom. The molecule has 0 aromatic rings. The molecule has 15 heavy (non-hydrogen) atoms. The van der Waals surface area contributed by atoms with E-state index in [2.05, 4.69) is 5.32 Å². The van der Waals surface area contributed by atoms with E-state index >= 15 is 0 Å². The monoisotopic (exact) mass is 215 g/mol. The predicted molar refractivity (Wildman–Crippen MR) is 54.4 cm³/mol. The van der Waals surface area contributed by atoms with Gasteiger partial charge in [-0.1, -0.05) is 6.42 Å². The van der Waals surface area contributed by atoms with Crippen LogP contribution in [0.3, 0.4) is 0 Å². The van der Waals surface area contributed by atoms with Crippen molar-refractivity contribution in [1.82, 2.24) is 5.32 Å². The van der Waals surface area contributed by atoms with Gasteiger partial charge < -0.3 is 15.2 Å². The van der Waals surface area contributed by atoms with Crippen molar-refractivity contribution >= 4 is 18.2 Å². The summed E-state index contributed by atoms with van der Waals surface area (Å²) in [6.45, 7) is 0.553. The number of hydrogen-bond acceptors (Lipinski definition) is 3. The molecule has 0 aromatic heterocycles. The fraction of sp³-hybridized carbons (Fsp3) is 0.700. The Morgan fingerprint density at radius 2 is 1.87 bits per heavy atom. The second kappa shape index (κ2) is 9.18. The highest BCUT2D eigenvalue weighted by Gasteiger charge is 2.00. The minimum Gasteiger partial charge on any atom is -0.481 e. The molecule has 0 radical (unpaired) electrons. The molecule has 5 nitrogen and oxygen atoms in total. The Morgan fingerprint density at radius 1 is 1.13 bits per heavy atom. The second-order valence-corrected chi connectivity index (χ2v) is 3.26. The molecule has 0 bridgehead atoms. The summed E-state index contributed by atoms with van der Waals surface area (Å²) in [7, 11) is 0. The quantitative estimate of drug-likeness (QED) is 0.438. The number of amides is 1. The van der Waals surface area contributed by atoms with Crippen molar-refractivity contribution in [2.24, 2.45) is 0 Å². The highest BCUT2D eigenvalue weighted by atomic mass is 16.4. The molecule has 0 saturated carbocycles. The van der Waals surface area contributed by atoms with Crippen LogP contribution in [-0.2, 0) is 14.4 Å². The molecule has 0 fully saturated rings. The number of carbonyl (C=O) groups excluding carboxylic acids is 2. The lowest BCUT2D eigenvalue weighted by Crippen LogP contribution is -2.24. The SMILES string of the molecule is O=CCCC(=O)NCCCCCC(=O)O. The molecule has 0 aliphatic heterocycles. The molecule has 2 N–H and O–H groups in total. The maximum atomic E-state index is 11.0. The van der Waals surface area contributed by atoms with Gasteiger partial charge in [0.25, 0.3) is 0 Å². The normalized spacial score (nSPS) is 9.60. The van der Waals surface area contributed by atoms with Crippen LogP contribution >= 0.6 is 0 Å². The highest BCUT2D eigenvalue weighted by Crippen LogP contribution is 1.98. The van der Waals surface area contributed by atoms with Gasteiger partial charge in [-0.3, -0.25) is 9.59 Å². The highest BCUT2D eigenvalue weighted by molar-refractivity contribution is 5.77. The molecule has 86 valence electrons. The van der Waals surface area contributed by atoms with Crippen molar-refractivity contribution in [3.63, 3.8) is 0 Å². The average molecular weight is 215 g/mol. The van der Waals surface area contributed by atoms with E-state index in [9.17, 15) is 14.4 Å². The van der Waals surface area contributed by atoms with Crippen molar-refractivity contribution < 1.29 is 19.5 Å². The Kier molecular flexibility index (Phi) is 8.33. The summed E-state index contributed by atoms with van der Waals surface area (Å²) in [6, 6.07) is 0. The number of carboxylic acid groups (broad SMARTS) is 1. The van der Waals surface area contributed by atoms with Gasteiger partial charge in [-0.15, -0.1) is 0 Å². The summed E-state index contributed by atoms with van der Waals surface area (Å²) in [6.07, 6.45) is 3.59. The standard InChI is InChI=1S/C10H17NO4/c12-8-4-5-9(13)11-7-3-1-2-6-10(14)15/h8H,1-7H2,(H,11,13)(H,14,15). The molecule has 5 heteroatoms. The van der Waals surface area contributed by atoms with Crippen LogP contribution in [0.4, 0.5) is 0 Å². The molecule has 0 aromatic carbocycles. The third kappa shape index (κ3) is 10.5. The van der Waals surface area contributed by atoms with Crippen LogP contribution < -0.4 is 5.32 Å². The smallest absolute Gasteiger partial charge is 0.303 e. The molecule has 0 saturated heterocycles. The fourth-order valence-corrected chi connectivity index (χ4v) is 1.08. The van der Waals surface area contributed by atoms with Gasteiger partial charge in [-0.05, 0) is 12.8 Å². The van der Waals surface area contributed by atoms with Crippen LogP contribution in [0.15, 0.2) is 0 Å². The van der Waals surface area contributed by atoms with E-state index in [4.69, 9.17) is 5.11 Å². The Balaban J connectivity index is 3.19. The zero-order valence-electron chi connectivity index (χ0n) is 8.70. The minimum atomic E-state index is -0.787. The summed E-state index contributed by atoms with van der Waals surface area (Å²) < 4.78 is 0. The number of aliphatic carboxylic acids is 1. The number of unbranched alkanes of at least 4 members (excludes halogenated alkanes) is 2. The maximum absolute atomic E-state index is 11.0. The van der Waals surface area contributed by atoms with Crippen LogP contribution in [0.1, 0.15) is 38.5 Å². The number of hydrogen-bond donors (Lipinski definition) is 2. The molecule has 0 aliphatic carbocycles. The van der Waals surface area contributed by atoms with Crippen molar-refractivity contribution in [2.45, 2.75) is 38.5 Å². The Labute approximate surface area is 88.9 Å². The predicted octanol–water partition coefficient (Wildman–Crippen LogP) is 0.727. The number of carboxylic acids is 1. The number of aldehydes is 1. The van der Waals surface area contributed by atoms with Gasteiger partial charge in [0.05, 0.1) is 0 Å². The van der Waals surface area contributed by atoms with E-state index in [0.29, 0.717) is 19.3 Å². The molecule has 0 rings (SSSR count). The average Bonchev–Trinajstić information content (AvgIpc) is 2.19. The lowest BCUT2D eigenvalue weighted by atomic mass is 10.2. The van der Waals surface area contributed by atoms with Crippen LogP contribution in [-0.4, -0.2) is 29.8 Å². The lowest BCUT2D eigenvalue weighted by molar-refractivity contribution is -0.137. The van der Waals surface area contributed by atoms with Gasteiger partial charge in [-0.25, -0.2) is 0 Å². The van der Waals surface area contributed by atoms with Crippen molar-refractivity contribution in [2.75, 3.05) is 6.54 Å². The topological polar surface area (TPSA) is 83.5 Å². The van der Waals surface area contributed by atoms with Crippen molar-refractivity contribution in [3.8, 4) is 0 Å². The first kappa shape index (κ1) is 13.6. The van der Waals surface area contributed by atoms with E-state index in [1.54, 1.807) is 0 Å².